The van der Waals surface area contributed by atoms with Gasteiger partial charge in [-0.15, -0.1) is 0 Å². The van der Waals surface area contributed by atoms with Gasteiger partial charge in [0, 0.05) is 48.7 Å². The number of allylic oxidation sites excluding steroid dienone is 3. The number of anilines is 2. The monoisotopic (exact) mass is 756 g/mol. The molecule has 0 fully saturated rings. The van der Waals surface area contributed by atoms with E-state index in [1.807, 2.05) is 26.0 Å². The highest BCUT2D eigenvalue weighted by Gasteiger charge is 2.42. The Balaban J connectivity index is 0.000000156. The van der Waals surface area contributed by atoms with Crippen molar-refractivity contribution in [1.82, 2.24) is 0 Å². The van der Waals surface area contributed by atoms with Crippen LogP contribution in [0.3, 0.4) is 0 Å². The molecule has 0 amide bonds. The maximum atomic E-state index is 10.8. The Kier molecular flexibility index (Phi) is 11.3. The zero-order chi connectivity index (χ0) is 41.1. The van der Waals surface area contributed by atoms with Crippen molar-refractivity contribution >= 4 is 23.2 Å². The number of aldehydes is 1. The van der Waals surface area contributed by atoms with E-state index in [0.717, 1.165) is 80.2 Å². The van der Waals surface area contributed by atoms with Gasteiger partial charge in [-0.3, -0.25) is 4.79 Å². The fraction of sp³-hybridized carbons (Fsp3) is 0.413. The van der Waals surface area contributed by atoms with Gasteiger partial charge >= 0.3 is 0 Å². The molecule has 2 aromatic rings. The first-order chi connectivity index (χ1) is 27.4. The van der Waals surface area contributed by atoms with Crippen LogP contribution in [-0.4, -0.2) is 43.7 Å². The minimum absolute atomic E-state index is 0.107. The van der Waals surface area contributed by atoms with E-state index in [9.17, 15) is 20.6 Å². The number of rotatable bonds is 2. The molecule has 0 radical (unpaired) electrons. The zero-order valence-electron chi connectivity index (χ0n) is 33.2. The fourth-order valence-corrected chi connectivity index (χ4v) is 8.79. The van der Waals surface area contributed by atoms with E-state index < -0.39 is 11.2 Å². The number of ether oxygens (including phenoxy) is 2. The van der Waals surface area contributed by atoms with Crippen molar-refractivity contribution in [2.24, 2.45) is 0 Å². The molecule has 6 aliphatic rings. The lowest BCUT2D eigenvalue weighted by molar-refractivity contribution is 0.0927. The van der Waals surface area contributed by atoms with E-state index in [2.05, 4.69) is 45.0 Å². The van der Waals surface area contributed by atoms with Gasteiger partial charge in [0.25, 0.3) is 0 Å². The van der Waals surface area contributed by atoms with E-state index in [1.54, 1.807) is 32.9 Å². The van der Waals surface area contributed by atoms with Gasteiger partial charge in [0.2, 0.25) is 5.70 Å². The standard InChI is InChI=1S/C22H20N4O.C13H15NO.C11H9N3O/c1-22(2)19(18(13-25)21(27-22)17(11-23)12-24)16-9-14-5-3-7-26-8-4-6-15(10-16)20(14)26;15-9-10-7-11-3-1-5-14-6-2-4-12(8-10)13(11)14;1-7-9(14-4)10(8(5-12)6-13)15-11(7,2)3/h9-10H,3-8H2,1-2H3;7-9H,1-6H2;1-3H3. The molecule has 0 N–H and O–H groups in total. The van der Waals surface area contributed by atoms with Crippen LogP contribution >= 0.6 is 0 Å². The molecule has 0 saturated heterocycles. The Morgan fingerprint density at radius 2 is 1.12 bits per heavy atom. The van der Waals surface area contributed by atoms with Crippen LogP contribution in [0.25, 0.3) is 10.4 Å². The summed E-state index contributed by atoms with van der Waals surface area (Å²) in [5, 5.41) is 45.8. The highest BCUT2D eigenvalue weighted by molar-refractivity contribution is 5.86. The molecule has 6 heterocycles. The Morgan fingerprint density at radius 1 is 0.702 bits per heavy atom. The molecule has 2 aromatic carbocycles. The van der Waals surface area contributed by atoms with E-state index in [1.165, 1.54) is 59.6 Å². The Bertz CT molecular complexity index is 2340. The quantitative estimate of drug-likeness (QED) is 0.165. The molecule has 0 atom stereocenters. The molecule has 6 aliphatic heterocycles. The van der Waals surface area contributed by atoms with Crippen molar-refractivity contribution in [2.45, 2.75) is 97.2 Å². The van der Waals surface area contributed by atoms with Crippen molar-refractivity contribution in [3.8, 4) is 30.3 Å². The summed E-state index contributed by atoms with van der Waals surface area (Å²) >= 11 is 0. The summed E-state index contributed by atoms with van der Waals surface area (Å²) in [4.78, 5) is 19.1. The average molecular weight is 757 g/mol. The third-order valence-electron chi connectivity index (χ3n) is 11.5. The first-order valence-electron chi connectivity index (χ1n) is 19.3. The van der Waals surface area contributed by atoms with Crippen LogP contribution < -0.4 is 9.80 Å². The van der Waals surface area contributed by atoms with Crippen molar-refractivity contribution in [2.75, 3.05) is 36.0 Å². The summed E-state index contributed by atoms with van der Waals surface area (Å²) in [6, 6.07) is 17.9. The number of hydrogen-bond donors (Lipinski definition) is 0. The highest BCUT2D eigenvalue weighted by Crippen LogP contribution is 2.47. The number of aryl methyl sites for hydroxylation is 4. The lowest BCUT2D eigenvalue weighted by Gasteiger charge is -2.37. The van der Waals surface area contributed by atoms with E-state index in [4.69, 9.17) is 26.6 Å². The van der Waals surface area contributed by atoms with Gasteiger partial charge in [-0.1, -0.05) is 0 Å². The fourth-order valence-electron chi connectivity index (χ4n) is 8.79. The molecular formula is C46H44N8O3. The van der Waals surface area contributed by atoms with Gasteiger partial charge in [0.15, 0.2) is 22.7 Å². The molecule has 0 saturated carbocycles. The van der Waals surface area contributed by atoms with Gasteiger partial charge in [0.1, 0.15) is 53.4 Å². The van der Waals surface area contributed by atoms with E-state index >= 15 is 0 Å². The second-order valence-electron chi connectivity index (χ2n) is 15.9. The summed E-state index contributed by atoms with van der Waals surface area (Å²) < 4.78 is 11.4. The molecule has 0 bridgehead atoms. The number of carbonyl (C=O) groups is 1. The first kappa shape index (κ1) is 39.9. The van der Waals surface area contributed by atoms with Crippen LogP contribution in [0.4, 0.5) is 11.4 Å². The highest BCUT2D eigenvalue weighted by atomic mass is 16.5. The van der Waals surface area contributed by atoms with Gasteiger partial charge in [0.05, 0.1) is 6.57 Å². The normalized spacial score (nSPS) is 18.7. The van der Waals surface area contributed by atoms with Gasteiger partial charge in [-0.25, -0.2) is 4.85 Å². The maximum absolute atomic E-state index is 10.8. The van der Waals surface area contributed by atoms with Crippen molar-refractivity contribution in [3.05, 3.63) is 109 Å². The van der Waals surface area contributed by atoms with E-state index in [0.29, 0.717) is 5.57 Å². The number of benzene rings is 2. The number of carbonyl (C=O) groups excluding carboxylic acids is 1. The van der Waals surface area contributed by atoms with Crippen LogP contribution in [-0.2, 0) is 35.2 Å². The van der Waals surface area contributed by atoms with Crippen molar-refractivity contribution < 1.29 is 14.3 Å². The topological polar surface area (TPSA) is 165 Å². The first-order valence-corrected chi connectivity index (χ1v) is 19.3. The van der Waals surface area contributed by atoms with Crippen LogP contribution in [0.1, 0.15) is 98.5 Å². The van der Waals surface area contributed by atoms with Gasteiger partial charge in [-0.2, -0.15) is 26.3 Å². The average Bonchev–Trinajstić information content (AvgIpc) is 3.62. The molecule has 0 aromatic heterocycles. The van der Waals surface area contributed by atoms with Crippen LogP contribution in [0.2, 0.25) is 0 Å². The zero-order valence-corrected chi connectivity index (χ0v) is 33.2. The molecule has 57 heavy (non-hydrogen) atoms. The minimum Gasteiger partial charge on any atom is -0.494 e. The molecule has 0 aliphatic carbocycles. The van der Waals surface area contributed by atoms with Crippen LogP contribution in [0.5, 0.6) is 0 Å². The Morgan fingerprint density at radius 3 is 1.53 bits per heavy atom. The van der Waals surface area contributed by atoms with Crippen LogP contribution in [0.15, 0.2) is 63.8 Å². The van der Waals surface area contributed by atoms with Crippen LogP contribution in [0, 0.1) is 63.2 Å². The summed E-state index contributed by atoms with van der Waals surface area (Å²) in [6.07, 6.45) is 10.1. The number of nitrogens with zero attached hydrogens (tertiary/aromatic N) is 8. The lowest BCUT2D eigenvalue weighted by Crippen LogP contribution is -2.34. The van der Waals surface area contributed by atoms with Gasteiger partial charge in [-0.05, 0) is 144 Å². The second kappa shape index (κ2) is 16.1. The van der Waals surface area contributed by atoms with Gasteiger partial charge < -0.3 is 19.3 Å². The second-order valence-corrected chi connectivity index (χ2v) is 15.9. The van der Waals surface area contributed by atoms with Crippen molar-refractivity contribution in [3.63, 3.8) is 0 Å². The minimum atomic E-state index is -0.774. The molecular weight excluding hydrogens is 713 g/mol. The molecule has 0 unspecified atom stereocenters. The summed E-state index contributed by atoms with van der Waals surface area (Å²) in [5.74, 6) is 0.216. The lowest BCUT2D eigenvalue weighted by atomic mass is 9.83. The molecule has 286 valence electrons. The summed E-state index contributed by atoms with van der Waals surface area (Å²) in [6.45, 7) is 20.8. The smallest absolute Gasteiger partial charge is 0.233 e. The molecule has 11 nitrogen and oxygen atoms in total. The van der Waals surface area contributed by atoms with Crippen molar-refractivity contribution in [1.29, 1.82) is 26.3 Å². The summed E-state index contributed by atoms with van der Waals surface area (Å²) in [7, 11) is 0. The predicted molar refractivity (Wildman–Crippen MR) is 215 cm³/mol. The van der Waals surface area contributed by atoms with E-state index in [-0.39, 0.29) is 28.4 Å². The number of nitriles is 5. The summed E-state index contributed by atoms with van der Waals surface area (Å²) in [5.41, 5.74) is 10.5. The number of hydrogen-bond acceptors (Lipinski definition) is 10. The Hall–Kier alpha value is -6.79. The predicted octanol–water partition coefficient (Wildman–Crippen LogP) is 8.26. The third kappa shape index (κ3) is 7.47. The molecule has 0 spiro atoms. The SMILES string of the molecule is CC1(C)OC(=C(C#N)C#N)C(C#N)=C1c1cc2c3c(c1)CCCN3CCC2.O=Cc1cc2c3c(c1)CCCN3CCC2.[C-]#[N+]C1=C(C)C(C)(C)OC1=C(C#N)C#N. The molecule has 11 heteroatoms. The largest absolute Gasteiger partial charge is 0.494 e. The maximum Gasteiger partial charge on any atom is 0.233 e. The molecule has 8 rings (SSSR count). The Labute approximate surface area is 335 Å². The third-order valence-corrected chi connectivity index (χ3v) is 11.5.